The number of carbonyl (C=O) groups is 1. The highest BCUT2D eigenvalue weighted by atomic mass is 16.1. The smallest absolute Gasteiger partial charge is 0.170 e. The van der Waals surface area contributed by atoms with Crippen LogP contribution >= 0.6 is 0 Å². The fourth-order valence-electron chi connectivity index (χ4n) is 2.62. The van der Waals surface area contributed by atoms with Crippen molar-refractivity contribution in [1.29, 1.82) is 0 Å². The van der Waals surface area contributed by atoms with Crippen LogP contribution in [0.4, 0.5) is 0 Å². The van der Waals surface area contributed by atoms with Crippen LogP contribution in [0.2, 0.25) is 0 Å². The van der Waals surface area contributed by atoms with Crippen molar-refractivity contribution in [1.82, 2.24) is 25.1 Å². The molecule has 0 amide bonds. The molecule has 6 heteroatoms. The number of hydrogen-bond acceptors (Lipinski definition) is 5. The van der Waals surface area contributed by atoms with Crippen molar-refractivity contribution < 1.29 is 4.79 Å². The van der Waals surface area contributed by atoms with Crippen LogP contribution in [0.1, 0.15) is 25.1 Å². The minimum absolute atomic E-state index is 0.00956. The van der Waals surface area contributed by atoms with Gasteiger partial charge in [-0.2, -0.15) is 4.68 Å². The average molecular weight is 271 g/mol. The van der Waals surface area contributed by atoms with Crippen molar-refractivity contribution >= 4 is 6.29 Å². The van der Waals surface area contributed by atoms with E-state index in [4.69, 9.17) is 0 Å². The van der Waals surface area contributed by atoms with Gasteiger partial charge in [0.1, 0.15) is 6.29 Å². The van der Waals surface area contributed by atoms with E-state index >= 15 is 0 Å². The minimum Gasteiger partial charge on any atom is -0.302 e. The second kappa shape index (κ2) is 5.92. The number of para-hydroxylation sites is 1. The first-order chi connectivity index (χ1) is 9.88. The maximum Gasteiger partial charge on any atom is 0.170 e. The molecule has 0 radical (unpaired) electrons. The molecule has 20 heavy (non-hydrogen) atoms. The highest BCUT2D eigenvalue weighted by Crippen LogP contribution is 2.18. The molecule has 0 N–H and O–H groups in total. The third-order valence-corrected chi connectivity index (χ3v) is 3.70. The third-order valence-electron chi connectivity index (χ3n) is 3.70. The van der Waals surface area contributed by atoms with Crippen molar-refractivity contribution in [3.05, 3.63) is 36.2 Å². The van der Waals surface area contributed by atoms with Crippen LogP contribution in [0.15, 0.2) is 30.3 Å². The quantitative estimate of drug-likeness (QED) is 0.782. The maximum atomic E-state index is 11.2. The summed E-state index contributed by atoms with van der Waals surface area (Å²) < 4.78 is 1.73. The Bertz CT molecular complexity index is 568. The van der Waals surface area contributed by atoms with Crippen LogP contribution in [0.5, 0.6) is 0 Å². The number of aldehydes is 1. The largest absolute Gasteiger partial charge is 0.302 e. The number of carbonyl (C=O) groups excluding carboxylic acids is 1. The SMILES string of the molecule is O=CC1CCCCN1Cc1nnnn1-c1ccccc1. The van der Waals surface area contributed by atoms with Crippen molar-refractivity contribution in [3.8, 4) is 5.69 Å². The normalized spacial score (nSPS) is 19.9. The molecule has 1 aliphatic rings. The molecule has 1 aromatic heterocycles. The van der Waals surface area contributed by atoms with Crippen molar-refractivity contribution in [3.63, 3.8) is 0 Å². The van der Waals surface area contributed by atoms with Gasteiger partial charge in [0.2, 0.25) is 0 Å². The molecule has 0 saturated carbocycles. The summed E-state index contributed by atoms with van der Waals surface area (Å²) in [5, 5.41) is 11.9. The number of hydrogen-bond donors (Lipinski definition) is 0. The van der Waals surface area contributed by atoms with Crippen LogP contribution in [0, 0.1) is 0 Å². The zero-order valence-electron chi connectivity index (χ0n) is 11.2. The summed E-state index contributed by atoms with van der Waals surface area (Å²) in [7, 11) is 0. The number of aromatic nitrogens is 4. The van der Waals surface area contributed by atoms with Gasteiger partial charge in [-0.25, -0.2) is 0 Å². The van der Waals surface area contributed by atoms with E-state index in [9.17, 15) is 4.79 Å². The Morgan fingerprint density at radius 3 is 2.90 bits per heavy atom. The lowest BCUT2D eigenvalue weighted by atomic mass is 10.0. The number of rotatable bonds is 4. The lowest BCUT2D eigenvalue weighted by molar-refractivity contribution is -0.113. The molecule has 0 spiro atoms. The fourth-order valence-corrected chi connectivity index (χ4v) is 2.62. The summed E-state index contributed by atoms with van der Waals surface area (Å²) >= 11 is 0. The molecular formula is C14H17N5O. The van der Waals surface area contributed by atoms with Crippen molar-refractivity contribution in [2.45, 2.75) is 31.8 Å². The Hall–Kier alpha value is -2.08. The van der Waals surface area contributed by atoms with Crippen LogP contribution < -0.4 is 0 Å². The molecule has 1 fully saturated rings. The van der Waals surface area contributed by atoms with E-state index in [1.807, 2.05) is 30.3 Å². The highest BCUT2D eigenvalue weighted by molar-refractivity contribution is 5.57. The number of piperidine rings is 1. The summed E-state index contributed by atoms with van der Waals surface area (Å²) in [5.41, 5.74) is 0.937. The molecule has 1 unspecified atom stereocenters. The fraction of sp³-hybridized carbons (Fsp3) is 0.429. The van der Waals surface area contributed by atoms with Gasteiger partial charge < -0.3 is 4.79 Å². The number of nitrogens with zero attached hydrogens (tertiary/aromatic N) is 5. The van der Waals surface area contributed by atoms with E-state index in [0.29, 0.717) is 6.54 Å². The van der Waals surface area contributed by atoms with E-state index in [1.165, 1.54) is 0 Å². The summed E-state index contributed by atoms with van der Waals surface area (Å²) in [6.45, 7) is 1.52. The summed E-state index contributed by atoms with van der Waals surface area (Å²) in [4.78, 5) is 13.3. The van der Waals surface area contributed by atoms with Gasteiger partial charge in [-0.05, 0) is 41.9 Å². The first-order valence-electron chi connectivity index (χ1n) is 6.90. The molecule has 3 rings (SSSR count). The molecular weight excluding hydrogens is 254 g/mol. The predicted molar refractivity (Wildman–Crippen MR) is 73.3 cm³/mol. The van der Waals surface area contributed by atoms with Crippen molar-refractivity contribution in [2.75, 3.05) is 6.54 Å². The predicted octanol–water partition coefficient (Wildman–Crippen LogP) is 1.22. The summed E-state index contributed by atoms with van der Waals surface area (Å²) in [5.74, 6) is 0.768. The zero-order chi connectivity index (χ0) is 13.8. The third kappa shape index (κ3) is 2.60. The maximum absolute atomic E-state index is 11.2. The molecule has 2 aromatic rings. The van der Waals surface area contributed by atoms with Gasteiger partial charge in [-0.3, -0.25) is 4.90 Å². The standard InChI is InChI=1S/C14H17N5O/c20-11-13-8-4-5-9-18(13)10-14-15-16-17-19(14)12-6-2-1-3-7-12/h1-3,6-7,11,13H,4-5,8-10H2. The van der Waals surface area contributed by atoms with Gasteiger partial charge >= 0.3 is 0 Å². The first-order valence-corrected chi connectivity index (χ1v) is 6.90. The number of benzene rings is 1. The Morgan fingerprint density at radius 2 is 2.10 bits per heavy atom. The van der Waals surface area contributed by atoms with Gasteiger partial charge in [0.15, 0.2) is 5.82 Å². The van der Waals surface area contributed by atoms with Gasteiger partial charge in [0, 0.05) is 0 Å². The van der Waals surface area contributed by atoms with E-state index in [-0.39, 0.29) is 6.04 Å². The molecule has 104 valence electrons. The highest BCUT2D eigenvalue weighted by Gasteiger charge is 2.23. The molecule has 1 aliphatic heterocycles. The van der Waals surface area contributed by atoms with E-state index in [0.717, 1.165) is 43.6 Å². The van der Waals surface area contributed by atoms with E-state index < -0.39 is 0 Å². The molecule has 1 aromatic carbocycles. The molecule has 1 saturated heterocycles. The topological polar surface area (TPSA) is 63.9 Å². The molecule has 0 aliphatic carbocycles. The Kier molecular flexibility index (Phi) is 3.83. The lowest BCUT2D eigenvalue weighted by Gasteiger charge is -2.31. The van der Waals surface area contributed by atoms with Gasteiger partial charge in [0.25, 0.3) is 0 Å². The number of tetrazole rings is 1. The summed E-state index contributed by atoms with van der Waals surface area (Å²) in [6.07, 6.45) is 4.20. The number of likely N-dealkylation sites (tertiary alicyclic amines) is 1. The van der Waals surface area contributed by atoms with Gasteiger partial charge in [-0.1, -0.05) is 24.6 Å². The Balaban J connectivity index is 1.81. The zero-order valence-corrected chi connectivity index (χ0v) is 11.2. The summed E-state index contributed by atoms with van der Waals surface area (Å²) in [6, 6.07) is 9.79. The van der Waals surface area contributed by atoms with Crippen LogP contribution in [-0.4, -0.2) is 44.0 Å². The monoisotopic (exact) mass is 271 g/mol. The second-order valence-electron chi connectivity index (χ2n) is 5.01. The van der Waals surface area contributed by atoms with Gasteiger partial charge in [0.05, 0.1) is 18.3 Å². The molecule has 6 nitrogen and oxygen atoms in total. The lowest BCUT2D eigenvalue weighted by Crippen LogP contribution is -2.40. The van der Waals surface area contributed by atoms with E-state index in [1.54, 1.807) is 4.68 Å². The van der Waals surface area contributed by atoms with E-state index in [2.05, 4.69) is 20.4 Å². The Morgan fingerprint density at radius 1 is 1.25 bits per heavy atom. The molecule has 2 heterocycles. The molecule has 0 bridgehead atoms. The van der Waals surface area contributed by atoms with Crippen LogP contribution in [0.25, 0.3) is 5.69 Å². The van der Waals surface area contributed by atoms with Crippen LogP contribution in [-0.2, 0) is 11.3 Å². The average Bonchev–Trinajstić information content (AvgIpc) is 2.97. The molecule has 1 atom stereocenters. The first kappa shape index (κ1) is 12.9. The second-order valence-corrected chi connectivity index (χ2v) is 5.01. The van der Waals surface area contributed by atoms with Gasteiger partial charge in [-0.15, -0.1) is 5.10 Å². The Labute approximate surface area is 117 Å². The van der Waals surface area contributed by atoms with Crippen molar-refractivity contribution in [2.24, 2.45) is 0 Å². The van der Waals surface area contributed by atoms with Crippen LogP contribution in [0.3, 0.4) is 0 Å². The minimum atomic E-state index is -0.00956.